The van der Waals surface area contributed by atoms with E-state index in [1.54, 1.807) is 0 Å². The summed E-state index contributed by atoms with van der Waals surface area (Å²) >= 11 is 0. The number of hydrogen-bond acceptors (Lipinski definition) is 6. The molecule has 0 fully saturated rings. The minimum absolute atomic E-state index is 0.0743. The molecular weight excluding hydrogens is 363 g/mol. The first-order valence-electron chi connectivity index (χ1n) is 7.65. The summed E-state index contributed by atoms with van der Waals surface area (Å²) in [6, 6.07) is 8.97. The van der Waals surface area contributed by atoms with Gasteiger partial charge in [-0.25, -0.2) is 17.6 Å². The molecule has 138 valence electrons. The topological polar surface area (TPSA) is 86.7 Å². The van der Waals surface area contributed by atoms with Crippen molar-refractivity contribution in [2.75, 3.05) is 19.5 Å². The predicted molar refractivity (Wildman–Crippen MR) is 91.7 cm³/mol. The third-order valence-corrected chi connectivity index (χ3v) is 5.40. The fourth-order valence-electron chi connectivity index (χ4n) is 2.25. The maximum absolute atomic E-state index is 13.3. The number of carbonyl (C=O) groups excluding carboxylic acids is 2. The number of methoxy groups -OCH3 is 1. The molecular formula is C18H17FO6S. The minimum atomic E-state index is -3.64. The van der Waals surface area contributed by atoms with Gasteiger partial charge in [-0.05, 0) is 30.3 Å². The second kappa shape index (κ2) is 8.09. The Hall–Kier alpha value is -2.74. The summed E-state index contributed by atoms with van der Waals surface area (Å²) in [5.74, 6) is -2.32. The number of ether oxygens (including phenoxy) is 2. The van der Waals surface area contributed by atoms with Crippen LogP contribution in [0, 0.1) is 5.82 Å². The highest BCUT2D eigenvalue weighted by molar-refractivity contribution is 7.91. The molecule has 0 saturated carbocycles. The molecule has 0 amide bonds. The number of halogens is 1. The van der Waals surface area contributed by atoms with Crippen molar-refractivity contribution >= 4 is 21.6 Å². The quantitative estimate of drug-likeness (QED) is 0.542. The Labute approximate surface area is 150 Å². The summed E-state index contributed by atoms with van der Waals surface area (Å²) in [6.07, 6.45) is 0. The molecule has 0 unspecified atom stereocenters. The second-order valence-electron chi connectivity index (χ2n) is 5.24. The lowest BCUT2D eigenvalue weighted by atomic mass is 10.1. The number of sulfone groups is 1. The van der Waals surface area contributed by atoms with E-state index in [2.05, 4.69) is 0 Å². The summed E-state index contributed by atoms with van der Waals surface area (Å²) in [7, 11) is -2.31. The van der Waals surface area contributed by atoms with Gasteiger partial charge in [0.15, 0.2) is 16.4 Å². The lowest BCUT2D eigenvalue weighted by molar-refractivity contribution is 0.0470. The van der Waals surface area contributed by atoms with Crippen LogP contribution in [0.25, 0.3) is 0 Å². The smallest absolute Gasteiger partial charge is 0.339 e. The molecule has 26 heavy (non-hydrogen) atoms. The number of hydrogen-bond donors (Lipinski definition) is 0. The van der Waals surface area contributed by atoms with E-state index in [9.17, 15) is 22.4 Å². The van der Waals surface area contributed by atoms with Gasteiger partial charge in [-0.15, -0.1) is 0 Å². The standard InChI is InChI=1S/C18H17FO6S/c1-3-26(22,23)17-7-5-4-6-13(17)18(21)25-11-15(20)14-10-12(19)8-9-16(14)24-2/h4-10H,3,11H2,1-2H3. The van der Waals surface area contributed by atoms with Gasteiger partial charge in [-0.2, -0.15) is 0 Å². The molecule has 0 atom stereocenters. The van der Waals surface area contributed by atoms with Crippen LogP contribution in [0.3, 0.4) is 0 Å². The van der Waals surface area contributed by atoms with Crippen LogP contribution in [0.2, 0.25) is 0 Å². The summed E-state index contributed by atoms with van der Waals surface area (Å²) in [6.45, 7) is 0.774. The minimum Gasteiger partial charge on any atom is -0.496 e. The molecule has 0 N–H and O–H groups in total. The molecule has 0 aliphatic rings. The lowest BCUT2D eigenvalue weighted by Gasteiger charge is -2.10. The molecule has 0 aliphatic heterocycles. The first-order valence-corrected chi connectivity index (χ1v) is 9.31. The van der Waals surface area contributed by atoms with E-state index < -0.39 is 34.0 Å². The van der Waals surface area contributed by atoms with Gasteiger partial charge in [0, 0.05) is 0 Å². The fourth-order valence-corrected chi connectivity index (χ4v) is 3.33. The highest BCUT2D eigenvalue weighted by Gasteiger charge is 2.23. The maximum atomic E-state index is 13.3. The fraction of sp³-hybridized carbons (Fsp3) is 0.222. The molecule has 2 aromatic rings. The maximum Gasteiger partial charge on any atom is 0.339 e. The van der Waals surface area contributed by atoms with Gasteiger partial charge >= 0.3 is 5.97 Å². The van der Waals surface area contributed by atoms with Crippen molar-refractivity contribution in [1.29, 1.82) is 0 Å². The average molecular weight is 380 g/mol. The number of ketones is 1. The van der Waals surface area contributed by atoms with Crippen LogP contribution in [-0.4, -0.2) is 39.6 Å². The number of Topliss-reactive ketones (excluding diaryl/α,β-unsaturated/α-hetero) is 1. The van der Waals surface area contributed by atoms with Crippen LogP contribution in [0.1, 0.15) is 27.6 Å². The molecule has 0 aliphatic carbocycles. The molecule has 2 aromatic carbocycles. The van der Waals surface area contributed by atoms with Crippen molar-refractivity contribution in [3.05, 3.63) is 59.4 Å². The molecule has 0 radical (unpaired) electrons. The molecule has 0 spiro atoms. The first-order chi connectivity index (χ1) is 12.3. The largest absolute Gasteiger partial charge is 0.496 e. The van der Waals surface area contributed by atoms with Gasteiger partial charge in [-0.3, -0.25) is 4.79 Å². The highest BCUT2D eigenvalue weighted by Crippen LogP contribution is 2.21. The van der Waals surface area contributed by atoms with Gasteiger partial charge < -0.3 is 9.47 Å². The SMILES string of the molecule is CCS(=O)(=O)c1ccccc1C(=O)OCC(=O)c1cc(F)ccc1OC. The van der Waals surface area contributed by atoms with Crippen molar-refractivity contribution in [3.8, 4) is 5.75 Å². The Kier molecular flexibility index (Phi) is 6.10. The van der Waals surface area contributed by atoms with Crippen molar-refractivity contribution in [1.82, 2.24) is 0 Å². The average Bonchev–Trinajstić information content (AvgIpc) is 2.65. The van der Waals surface area contributed by atoms with Crippen LogP contribution < -0.4 is 4.74 Å². The van der Waals surface area contributed by atoms with Gasteiger partial charge in [0.2, 0.25) is 5.78 Å². The number of benzene rings is 2. The second-order valence-corrected chi connectivity index (χ2v) is 7.49. The molecule has 0 heterocycles. The molecule has 0 aromatic heterocycles. The molecule has 0 saturated heterocycles. The summed E-state index contributed by atoms with van der Waals surface area (Å²) in [5, 5.41) is 0. The van der Waals surface area contributed by atoms with Gasteiger partial charge in [0.05, 0.1) is 28.9 Å². The number of esters is 1. The van der Waals surface area contributed by atoms with E-state index in [1.807, 2.05) is 0 Å². The Balaban J connectivity index is 2.20. The normalized spacial score (nSPS) is 11.0. The van der Waals surface area contributed by atoms with Crippen LogP contribution >= 0.6 is 0 Å². The van der Waals surface area contributed by atoms with E-state index in [1.165, 1.54) is 44.4 Å². The van der Waals surface area contributed by atoms with Crippen LogP contribution in [-0.2, 0) is 14.6 Å². The number of rotatable bonds is 7. The zero-order valence-corrected chi connectivity index (χ0v) is 15.0. The Bertz CT molecular complexity index is 936. The first kappa shape index (κ1) is 19.6. The zero-order valence-electron chi connectivity index (χ0n) is 14.2. The van der Waals surface area contributed by atoms with Crippen LogP contribution in [0.15, 0.2) is 47.4 Å². The van der Waals surface area contributed by atoms with Crippen LogP contribution in [0.4, 0.5) is 4.39 Å². The molecule has 2 rings (SSSR count). The Morgan fingerprint density at radius 1 is 1.08 bits per heavy atom. The summed E-state index contributed by atoms with van der Waals surface area (Å²) in [4.78, 5) is 24.3. The van der Waals surface area contributed by atoms with Crippen molar-refractivity contribution in [3.63, 3.8) is 0 Å². The predicted octanol–water partition coefficient (Wildman–Crippen LogP) is 2.67. The third kappa shape index (κ3) is 4.26. The third-order valence-electron chi connectivity index (χ3n) is 3.62. The number of carbonyl (C=O) groups is 2. The van der Waals surface area contributed by atoms with E-state index in [-0.39, 0.29) is 27.5 Å². The van der Waals surface area contributed by atoms with Crippen molar-refractivity contribution in [2.24, 2.45) is 0 Å². The molecule has 0 bridgehead atoms. The van der Waals surface area contributed by atoms with Crippen LogP contribution in [0.5, 0.6) is 5.75 Å². The summed E-state index contributed by atoms with van der Waals surface area (Å²) < 4.78 is 47.4. The summed E-state index contributed by atoms with van der Waals surface area (Å²) in [5.41, 5.74) is -0.233. The van der Waals surface area contributed by atoms with E-state index in [0.29, 0.717) is 0 Å². The zero-order chi connectivity index (χ0) is 19.3. The molecule has 8 heteroatoms. The van der Waals surface area contributed by atoms with E-state index in [4.69, 9.17) is 9.47 Å². The van der Waals surface area contributed by atoms with Crippen molar-refractivity contribution < 1.29 is 31.9 Å². The Morgan fingerprint density at radius 2 is 1.77 bits per heavy atom. The monoisotopic (exact) mass is 380 g/mol. The Morgan fingerprint density at radius 3 is 2.42 bits per heavy atom. The van der Waals surface area contributed by atoms with Gasteiger partial charge in [0.1, 0.15) is 11.6 Å². The molecule has 6 nitrogen and oxygen atoms in total. The van der Waals surface area contributed by atoms with E-state index in [0.717, 1.165) is 12.1 Å². The van der Waals surface area contributed by atoms with E-state index >= 15 is 0 Å². The van der Waals surface area contributed by atoms with Crippen molar-refractivity contribution in [2.45, 2.75) is 11.8 Å². The van der Waals surface area contributed by atoms with Gasteiger partial charge in [0.25, 0.3) is 0 Å². The van der Waals surface area contributed by atoms with Gasteiger partial charge in [-0.1, -0.05) is 19.1 Å². The highest BCUT2D eigenvalue weighted by atomic mass is 32.2. The lowest BCUT2D eigenvalue weighted by Crippen LogP contribution is -2.18.